The Morgan fingerprint density at radius 3 is 2.50 bits per heavy atom. The number of hydrogen-bond donors (Lipinski definition) is 1. The Kier molecular flexibility index (Phi) is 4.71. The number of hydrogen-bond acceptors (Lipinski definition) is 2. The highest BCUT2D eigenvalue weighted by Gasteiger charge is 1.99. The van der Waals surface area contributed by atoms with Crippen LogP contribution >= 0.6 is 23.8 Å². The van der Waals surface area contributed by atoms with Gasteiger partial charge in [0, 0.05) is 5.03 Å². The second-order valence-corrected chi connectivity index (χ2v) is 3.85. The van der Waals surface area contributed by atoms with Crippen molar-refractivity contribution in [3.63, 3.8) is 0 Å². The highest BCUT2D eigenvalue weighted by Crippen LogP contribution is 2.13. The molecule has 0 radical (unpaired) electrons. The van der Waals surface area contributed by atoms with Gasteiger partial charge in [-0.2, -0.15) is 5.26 Å². The van der Waals surface area contributed by atoms with Crippen molar-refractivity contribution in [3.05, 3.63) is 52.6 Å². The number of thiocarbonyl (C=S) groups is 1. The molecule has 0 amide bonds. The molecule has 0 fully saturated rings. The van der Waals surface area contributed by atoms with Crippen LogP contribution < -0.4 is 5.73 Å². The Labute approximate surface area is 105 Å². The second-order valence-electron chi connectivity index (χ2n) is 2.97. The zero-order valence-electron chi connectivity index (χ0n) is 8.35. The third-order valence-corrected chi connectivity index (χ3v) is 2.21. The van der Waals surface area contributed by atoms with Crippen LogP contribution in [0.15, 0.2) is 47.0 Å². The first-order chi connectivity index (χ1) is 7.63. The third kappa shape index (κ3) is 3.85. The number of nitriles is 1. The first-order valence-electron chi connectivity index (χ1n) is 4.47. The van der Waals surface area contributed by atoms with Gasteiger partial charge in [-0.1, -0.05) is 54.2 Å². The fraction of sp³-hybridized carbons (Fsp3) is 0. The molecule has 0 heterocycles. The van der Waals surface area contributed by atoms with Crippen molar-refractivity contribution >= 4 is 34.9 Å². The summed E-state index contributed by atoms with van der Waals surface area (Å²) in [5.74, 6) is 0. The lowest BCUT2D eigenvalue weighted by atomic mass is 10.2. The maximum absolute atomic E-state index is 8.74. The van der Waals surface area contributed by atoms with Crippen molar-refractivity contribution in [2.75, 3.05) is 0 Å². The van der Waals surface area contributed by atoms with Gasteiger partial charge in [0.2, 0.25) is 0 Å². The van der Waals surface area contributed by atoms with Gasteiger partial charge in [-0.05, 0) is 17.7 Å². The van der Waals surface area contributed by atoms with Gasteiger partial charge in [-0.15, -0.1) is 0 Å². The topological polar surface area (TPSA) is 49.8 Å². The Morgan fingerprint density at radius 1 is 1.38 bits per heavy atom. The summed E-state index contributed by atoms with van der Waals surface area (Å²) in [7, 11) is 0. The highest BCUT2D eigenvalue weighted by molar-refractivity contribution is 7.80. The molecule has 0 aliphatic heterocycles. The average Bonchev–Trinajstić information content (AvgIpc) is 2.27. The van der Waals surface area contributed by atoms with Crippen LogP contribution in [0.2, 0.25) is 0 Å². The van der Waals surface area contributed by atoms with E-state index in [1.165, 1.54) is 6.08 Å². The molecule has 0 saturated heterocycles. The monoisotopic (exact) mass is 248 g/mol. The zero-order chi connectivity index (χ0) is 12.0. The van der Waals surface area contributed by atoms with Crippen molar-refractivity contribution in [2.45, 2.75) is 0 Å². The largest absolute Gasteiger partial charge is 0.389 e. The lowest BCUT2D eigenvalue weighted by Gasteiger charge is -1.95. The van der Waals surface area contributed by atoms with Crippen LogP contribution in [-0.2, 0) is 0 Å². The molecular weight excluding hydrogens is 240 g/mol. The van der Waals surface area contributed by atoms with Crippen LogP contribution in [0.4, 0.5) is 0 Å². The smallest absolute Gasteiger partial charge is 0.114 e. The van der Waals surface area contributed by atoms with Gasteiger partial charge < -0.3 is 5.73 Å². The van der Waals surface area contributed by atoms with E-state index in [9.17, 15) is 0 Å². The van der Waals surface area contributed by atoms with Gasteiger partial charge in [0.1, 0.15) is 11.1 Å². The lowest BCUT2D eigenvalue weighted by Crippen LogP contribution is -2.09. The van der Waals surface area contributed by atoms with Gasteiger partial charge in [0.25, 0.3) is 0 Å². The molecule has 2 N–H and O–H groups in total. The molecule has 0 bridgehead atoms. The van der Waals surface area contributed by atoms with E-state index in [4.69, 9.17) is 34.8 Å². The Bertz CT molecular complexity index is 483. The maximum Gasteiger partial charge on any atom is 0.114 e. The van der Waals surface area contributed by atoms with E-state index in [0.717, 1.165) is 5.56 Å². The third-order valence-electron chi connectivity index (χ3n) is 1.77. The van der Waals surface area contributed by atoms with Crippen LogP contribution in [0, 0.1) is 11.3 Å². The summed E-state index contributed by atoms with van der Waals surface area (Å²) in [5, 5.41) is 9.15. The molecule has 0 aliphatic carbocycles. The first kappa shape index (κ1) is 12.4. The Hall–Kier alpha value is -1.63. The molecule has 80 valence electrons. The Balaban J connectivity index is 2.96. The summed E-state index contributed by atoms with van der Waals surface area (Å²) in [6.45, 7) is 0. The summed E-state index contributed by atoms with van der Waals surface area (Å²) in [4.78, 5) is 0.0436. The summed E-state index contributed by atoms with van der Waals surface area (Å²) in [5.41, 5.74) is 6.49. The molecule has 0 aliphatic rings. The normalized spacial score (nSPS) is 12.0. The predicted octanol–water partition coefficient (Wildman–Crippen LogP) is 3.00. The Morgan fingerprint density at radius 2 is 2.00 bits per heavy atom. The molecule has 1 aromatic carbocycles. The van der Waals surface area contributed by atoms with E-state index >= 15 is 0 Å². The van der Waals surface area contributed by atoms with Crippen molar-refractivity contribution in [2.24, 2.45) is 5.73 Å². The van der Waals surface area contributed by atoms with Gasteiger partial charge in [0.15, 0.2) is 0 Å². The van der Waals surface area contributed by atoms with Crippen molar-refractivity contribution < 1.29 is 0 Å². The number of nitrogens with zero attached hydrogens (tertiary/aromatic N) is 1. The fourth-order valence-corrected chi connectivity index (χ4v) is 1.39. The SMILES string of the molecule is N#C/C(=C\C(Cl)=C\c1ccccc1)C(N)=S. The van der Waals surface area contributed by atoms with Crippen molar-refractivity contribution in [1.82, 2.24) is 0 Å². The van der Waals surface area contributed by atoms with Gasteiger partial charge >= 0.3 is 0 Å². The lowest BCUT2D eigenvalue weighted by molar-refractivity contribution is 1.51. The summed E-state index contributed by atoms with van der Waals surface area (Å²) in [6, 6.07) is 11.4. The number of rotatable bonds is 3. The highest BCUT2D eigenvalue weighted by atomic mass is 35.5. The molecule has 0 saturated carbocycles. The number of halogens is 1. The minimum atomic E-state index is 0.0436. The number of nitrogens with two attached hydrogens (primary N) is 1. The minimum Gasteiger partial charge on any atom is -0.389 e. The molecule has 2 nitrogen and oxygen atoms in total. The van der Waals surface area contributed by atoms with Crippen LogP contribution in [0.1, 0.15) is 5.56 Å². The van der Waals surface area contributed by atoms with Gasteiger partial charge in [-0.25, -0.2) is 0 Å². The summed E-state index contributed by atoms with van der Waals surface area (Å²) in [6.07, 6.45) is 3.19. The van der Waals surface area contributed by atoms with E-state index in [-0.39, 0.29) is 10.6 Å². The van der Waals surface area contributed by atoms with E-state index in [1.54, 1.807) is 6.08 Å². The van der Waals surface area contributed by atoms with Crippen LogP contribution in [-0.4, -0.2) is 4.99 Å². The molecule has 16 heavy (non-hydrogen) atoms. The molecule has 1 aromatic rings. The van der Waals surface area contributed by atoms with E-state index in [2.05, 4.69) is 0 Å². The molecule has 0 unspecified atom stereocenters. The summed E-state index contributed by atoms with van der Waals surface area (Å²) < 4.78 is 0. The summed E-state index contributed by atoms with van der Waals surface area (Å²) >= 11 is 10.7. The zero-order valence-corrected chi connectivity index (χ0v) is 9.92. The molecule has 0 atom stereocenters. The molecule has 1 rings (SSSR count). The standard InChI is InChI=1S/C12H9ClN2S/c13-11(7-10(8-14)12(15)16)6-9-4-2-1-3-5-9/h1-7H,(H2,15,16)/b10-7+,11-6-. The van der Waals surface area contributed by atoms with E-state index in [0.29, 0.717) is 5.03 Å². The van der Waals surface area contributed by atoms with Crippen LogP contribution in [0.3, 0.4) is 0 Å². The molecule has 4 heteroatoms. The van der Waals surface area contributed by atoms with Crippen LogP contribution in [0.25, 0.3) is 6.08 Å². The van der Waals surface area contributed by atoms with Crippen molar-refractivity contribution in [3.8, 4) is 6.07 Å². The molecule has 0 spiro atoms. The number of benzene rings is 1. The average molecular weight is 249 g/mol. The van der Waals surface area contributed by atoms with E-state index < -0.39 is 0 Å². The molecule has 0 aromatic heterocycles. The second kappa shape index (κ2) is 6.06. The fourth-order valence-electron chi connectivity index (χ4n) is 1.05. The predicted molar refractivity (Wildman–Crippen MR) is 70.8 cm³/mol. The van der Waals surface area contributed by atoms with Gasteiger partial charge in [-0.3, -0.25) is 0 Å². The minimum absolute atomic E-state index is 0.0436. The quantitative estimate of drug-likeness (QED) is 0.387. The number of allylic oxidation sites excluding steroid dienone is 2. The molecular formula is C12H9ClN2S. The first-order valence-corrected chi connectivity index (χ1v) is 5.26. The van der Waals surface area contributed by atoms with Crippen LogP contribution in [0.5, 0.6) is 0 Å². The van der Waals surface area contributed by atoms with Gasteiger partial charge in [0.05, 0.1) is 5.57 Å². The van der Waals surface area contributed by atoms with Crippen molar-refractivity contribution in [1.29, 1.82) is 5.26 Å². The maximum atomic E-state index is 8.74. The van der Waals surface area contributed by atoms with E-state index in [1.807, 2.05) is 36.4 Å².